The molecule has 2 fully saturated rings. The Hall–Kier alpha value is -4.04. The number of aliphatic hydroxyl groups excluding tert-OH is 2. The normalized spacial score (nSPS) is 28.6. The fourth-order valence-corrected chi connectivity index (χ4v) is 5.89. The third kappa shape index (κ3) is 9.75. The van der Waals surface area contributed by atoms with Crippen molar-refractivity contribution in [3.63, 3.8) is 0 Å². The molecule has 1 saturated heterocycles. The van der Waals surface area contributed by atoms with Gasteiger partial charge in [-0.25, -0.2) is 9.59 Å². The summed E-state index contributed by atoms with van der Waals surface area (Å²) in [5, 5.41) is 27.9. The third-order valence-corrected chi connectivity index (χ3v) is 8.66. The number of hydrogen-bond acceptors (Lipinski definition) is 10. The van der Waals surface area contributed by atoms with Crippen LogP contribution in [-0.2, 0) is 43.5 Å². The number of nitrogens with two attached hydrogens (primary N) is 1. The molecular formula is C36H45N3O9. The highest BCUT2D eigenvalue weighted by molar-refractivity contribution is 5.68. The molecule has 1 heterocycles. The Morgan fingerprint density at radius 3 is 1.90 bits per heavy atom. The minimum Gasteiger partial charge on any atom is -0.445 e. The molecule has 1 saturated carbocycles. The quantitative estimate of drug-likeness (QED) is 0.194. The standard InChI is InChI=1S/C36H45N3O9/c1-23-17-18-27(19-38-35(42)45-21-25-13-7-3-8-14-25)47-34(23)48-33-29(39-36(43)46-22-26-15-9-4-10-16-26)32(28(37)30(40)31(33)41)44-20-24-11-5-2-6-12-24/h2-16,23,27-34,40-41H,17-22,37H2,1H3,(H,38,42)(H,39,43)/t23?,27?,28-,29-,30-,31?,32?,33?,34+/m0/s1. The van der Waals surface area contributed by atoms with Crippen molar-refractivity contribution < 1.29 is 43.5 Å². The van der Waals surface area contributed by atoms with Gasteiger partial charge in [-0.15, -0.1) is 0 Å². The van der Waals surface area contributed by atoms with Crippen LogP contribution in [0.3, 0.4) is 0 Å². The first kappa shape index (κ1) is 35.3. The van der Waals surface area contributed by atoms with Gasteiger partial charge in [-0.3, -0.25) is 0 Å². The molecule has 0 bridgehead atoms. The molecule has 3 aromatic carbocycles. The predicted molar refractivity (Wildman–Crippen MR) is 175 cm³/mol. The molecular weight excluding hydrogens is 618 g/mol. The van der Waals surface area contributed by atoms with Gasteiger partial charge in [0.2, 0.25) is 0 Å². The van der Waals surface area contributed by atoms with Crippen LogP contribution in [-0.4, -0.2) is 77.8 Å². The van der Waals surface area contributed by atoms with Gasteiger partial charge in [0.1, 0.15) is 31.5 Å². The van der Waals surface area contributed by atoms with Crippen LogP contribution in [0.2, 0.25) is 0 Å². The maximum Gasteiger partial charge on any atom is 0.407 e. The van der Waals surface area contributed by atoms with Crippen LogP contribution < -0.4 is 16.4 Å². The summed E-state index contributed by atoms with van der Waals surface area (Å²) in [6.07, 6.45) is -6.30. The number of amides is 2. The minimum atomic E-state index is -1.49. The van der Waals surface area contributed by atoms with E-state index in [1.54, 1.807) is 0 Å². The van der Waals surface area contributed by atoms with E-state index in [0.29, 0.717) is 12.8 Å². The second-order valence-corrected chi connectivity index (χ2v) is 12.3. The molecule has 9 atom stereocenters. The molecule has 0 spiro atoms. The number of ether oxygens (including phenoxy) is 5. The van der Waals surface area contributed by atoms with Gasteiger partial charge in [-0.2, -0.15) is 0 Å². The summed E-state index contributed by atoms with van der Waals surface area (Å²) < 4.78 is 29.7. The van der Waals surface area contributed by atoms with Gasteiger partial charge in [0, 0.05) is 12.5 Å². The maximum atomic E-state index is 13.1. The molecule has 2 aliphatic rings. The van der Waals surface area contributed by atoms with E-state index in [4.69, 9.17) is 29.4 Å². The van der Waals surface area contributed by atoms with Crippen LogP contribution in [0.25, 0.3) is 0 Å². The van der Waals surface area contributed by atoms with E-state index in [9.17, 15) is 19.8 Å². The molecule has 1 aliphatic heterocycles. The number of hydrogen-bond donors (Lipinski definition) is 5. The SMILES string of the molecule is CC1CCC(CNC(=O)OCc2ccccc2)O[C@@H]1OC1C(O)[C@@H](O)[C@H](N)C(OCc2ccccc2)[C@@H]1NC(=O)OCc1ccccc1. The van der Waals surface area contributed by atoms with E-state index in [-0.39, 0.29) is 32.3 Å². The average Bonchev–Trinajstić information content (AvgIpc) is 3.12. The van der Waals surface area contributed by atoms with Crippen LogP contribution >= 0.6 is 0 Å². The van der Waals surface area contributed by atoms with Crippen molar-refractivity contribution in [2.24, 2.45) is 11.7 Å². The molecule has 2 amide bonds. The fraction of sp³-hybridized carbons (Fsp3) is 0.444. The zero-order chi connectivity index (χ0) is 33.9. The summed E-state index contributed by atoms with van der Waals surface area (Å²) in [7, 11) is 0. The number of benzene rings is 3. The molecule has 0 aromatic heterocycles. The number of carbonyl (C=O) groups excluding carboxylic acids is 2. The van der Waals surface area contributed by atoms with Gasteiger partial charge in [-0.1, -0.05) is 97.9 Å². The Morgan fingerprint density at radius 1 is 0.771 bits per heavy atom. The summed E-state index contributed by atoms with van der Waals surface area (Å²) in [6.45, 7) is 2.41. The molecule has 1 aliphatic carbocycles. The summed E-state index contributed by atoms with van der Waals surface area (Å²) in [4.78, 5) is 25.5. The number of rotatable bonds is 12. The lowest BCUT2D eigenvalue weighted by Crippen LogP contribution is -2.72. The van der Waals surface area contributed by atoms with Gasteiger partial charge >= 0.3 is 12.2 Å². The fourth-order valence-electron chi connectivity index (χ4n) is 5.89. The van der Waals surface area contributed by atoms with Gasteiger partial charge in [-0.05, 0) is 29.5 Å². The van der Waals surface area contributed by atoms with Crippen molar-refractivity contribution in [1.29, 1.82) is 0 Å². The van der Waals surface area contributed by atoms with E-state index >= 15 is 0 Å². The Balaban J connectivity index is 1.26. The van der Waals surface area contributed by atoms with Gasteiger partial charge in [0.05, 0.1) is 30.9 Å². The van der Waals surface area contributed by atoms with Crippen molar-refractivity contribution in [2.75, 3.05) is 6.54 Å². The van der Waals surface area contributed by atoms with Crippen molar-refractivity contribution in [3.05, 3.63) is 108 Å². The topological polar surface area (TPSA) is 171 Å². The average molecular weight is 664 g/mol. The van der Waals surface area contributed by atoms with Crippen LogP contribution in [0.15, 0.2) is 91.0 Å². The summed E-state index contributed by atoms with van der Waals surface area (Å²) in [5.41, 5.74) is 8.94. The highest BCUT2D eigenvalue weighted by Crippen LogP contribution is 2.32. The monoisotopic (exact) mass is 663 g/mol. The van der Waals surface area contributed by atoms with Crippen LogP contribution in [0.1, 0.15) is 36.5 Å². The summed E-state index contributed by atoms with van der Waals surface area (Å²) in [5.74, 6) is -0.111. The van der Waals surface area contributed by atoms with Crippen LogP contribution in [0.4, 0.5) is 9.59 Å². The molecule has 48 heavy (non-hydrogen) atoms. The van der Waals surface area contributed by atoms with Gasteiger partial charge < -0.3 is 50.3 Å². The molecule has 5 rings (SSSR count). The lowest BCUT2D eigenvalue weighted by atomic mass is 9.81. The number of alkyl carbamates (subject to hydrolysis) is 2. The van der Waals surface area contributed by atoms with E-state index in [0.717, 1.165) is 16.7 Å². The van der Waals surface area contributed by atoms with Gasteiger partial charge in [0.25, 0.3) is 0 Å². The largest absolute Gasteiger partial charge is 0.445 e. The molecule has 3 aromatic rings. The molecule has 12 nitrogen and oxygen atoms in total. The van der Waals surface area contributed by atoms with Crippen molar-refractivity contribution >= 4 is 12.2 Å². The number of aliphatic hydroxyl groups is 2. The van der Waals surface area contributed by atoms with E-state index in [1.165, 1.54) is 0 Å². The zero-order valence-corrected chi connectivity index (χ0v) is 26.9. The van der Waals surface area contributed by atoms with Crippen molar-refractivity contribution in [3.8, 4) is 0 Å². The zero-order valence-electron chi connectivity index (χ0n) is 26.9. The predicted octanol–water partition coefficient (Wildman–Crippen LogP) is 3.38. The van der Waals surface area contributed by atoms with E-state index in [1.807, 2.05) is 97.9 Å². The Kier molecular flexibility index (Phi) is 12.8. The van der Waals surface area contributed by atoms with E-state index < -0.39 is 61.1 Å². The first-order valence-corrected chi connectivity index (χ1v) is 16.3. The maximum absolute atomic E-state index is 13.1. The summed E-state index contributed by atoms with van der Waals surface area (Å²) in [6, 6.07) is 25.9. The molecule has 258 valence electrons. The molecule has 12 heteroatoms. The van der Waals surface area contributed by atoms with Gasteiger partial charge in [0.15, 0.2) is 6.29 Å². The highest BCUT2D eigenvalue weighted by atomic mass is 16.7. The summed E-state index contributed by atoms with van der Waals surface area (Å²) >= 11 is 0. The smallest absolute Gasteiger partial charge is 0.407 e. The third-order valence-electron chi connectivity index (χ3n) is 8.66. The van der Waals surface area contributed by atoms with Crippen LogP contribution in [0, 0.1) is 5.92 Å². The van der Waals surface area contributed by atoms with E-state index in [2.05, 4.69) is 10.6 Å². The first-order valence-electron chi connectivity index (χ1n) is 16.3. The number of nitrogens with one attached hydrogen (secondary N) is 2. The van der Waals surface area contributed by atoms with Crippen molar-refractivity contribution in [1.82, 2.24) is 10.6 Å². The van der Waals surface area contributed by atoms with Crippen molar-refractivity contribution in [2.45, 2.75) is 88.5 Å². The lowest BCUT2D eigenvalue weighted by Gasteiger charge is -2.48. The number of carbonyl (C=O) groups is 2. The molecule has 6 N–H and O–H groups in total. The first-order chi connectivity index (χ1) is 23.3. The minimum absolute atomic E-state index is 0.0168. The Labute approximate surface area is 280 Å². The second kappa shape index (κ2) is 17.4. The molecule has 0 radical (unpaired) electrons. The second-order valence-electron chi connectivity index (χ2n) is 12.3. The Bertz CT molecular complexity index is 1420. The lowest BCUT2D eigenvalue weighted by molar-refractivity contribution is -0.275. The highest BCUT2D eigenvalue weighted by Gasteiger charge is 2.52. The Morgan fingerprint density at radius 2 is 1.31 bits per heavy atom. The van der Waals surface area contributed by atoms with Crippen LogP contribution in [0.5, 0.6) is 0 Å². The molecule has 5 unspecified atom stereocenters.